The van der Waals surface area contributed by atoms with Gasteiger partial charge < -0.3 is 5.32 Å². The van der Waals surface area contributed by atoms with Gasteiger partial charge in [-0.2, -0.15) is 0 Å². The first kappa shape index (κ1) is 12.3. The number of rotatable bonds is 4. The van der Waals surface area contributed by atoms with Crippen molar-refractivity contribution in [1.29, 1.82) is 0 Å². The summed E-state index contributed by atoms with van der Waals surface area (Å²) in [4.78, 5) is 2.78. The average Bonchev–Trinajstić information content (AvgIpc) is 2.78. The molecule has 0 saturated heterocycles. The third-order valence-electron chi connectivity index (χ3n) is 3.08. The molecule has 0 spiro atoms. The van der Waals surface area contributed by atoms with Gasteiger partial charge in [-0.3, -0.25) is 0 Å². The molecule has 1 aromatic carbocycles. The SMILES string of the molecule is CCNCc1ccc(-c2cccc(C)c2C)s1. The lowest BCUT2D eigenvalue weighted by Gasteiger charge is -2.06. The van der Waals surface area contributed by atoms with Crippen LogP contribution in [0.25, 0.3) is 10.4 Å². The molecule has 0 aliphatic heterocycles. The first-order valence-electron chi connectivity index (χ1n) is 6.08. The van der Waals surface area contributed by atoms with Crippen LogP contribution in [0.1, 0.15) is 22.9 Å². The molecule has 0 unspecified atom stereocenters. The highest BCUT2D eigenvalue weighted by Gasteiger charge is 2.06. The monoisotopic (exact) mass is 245 g/mol. The second-order valence-electron chi connectivity index (χ2n) is 4.29. The number of aryl methyl sites for hydroxylation is 1. The summed E-state index contributed by atoms with van der Waals surface area (Å²) in [6, 6.07) is 11.0. The lowest BCUT2D eigenvalue weighted by molar-refractivity contribution is 0.735. The van der Waals surface area contributed by atoms with Gasteiger partial charge in [0, 0.05) is 16.3 Å². The second kappa shape index (κ2) is 5.48. The summed E-state index contributed by atoms with van der Waals surface area (Å²) in [6.07, 6.45) is 0. The lowest BCUT2D eigenvalue weighted by atomic mass is 10.0. The van der Waals surface area contributed by atoms with E-state index in [4.69, 9.17) is 0 Å². The number of thiophene rings is 1. The van der Waals surface area contributed by atoms with Crippen molar-refractivity contribution in [3.05, 3.63) is 46.3 Å². The van der Waals surface area contributed by atoms with Crippen molar-refractivity contribution in [3.8, 4) is 10.4 Å². The molecule has 0 radical (unpaired) electrons. The molecule has 90 valence electrons. The Hall–Kier alpha value is -1.12. The van der Waals surface area contributed by atoms with Gasteiger partial charge in [-0.1, -0.05) is 25.1 Å². The van der Waals surface area contributed by atoms with Crippen molar-refractivity contribution in [1.82, 2.24) is 5.32 Å². The van der Waals surface area contributed by atoms with E-state index in [-0.39, 0.29) is 0 Å². The van der Waals surface area contributed by atoms with Crippen LogP contribution < -0.4 is 5.32 Å². The van der Waals surface area contributed by atoms with Crippen molar-refractivity contribution in [2.75, 3.05) is 6.54 Å². The number of hydrogen-bond donors (Lipinski definition) is 1. The fourth-order valence-corrected chi connectivity index (χ4v) is 2.94. The highest BCUT2D eigenvalue weighted by atomic mass is 32.1. The zero-order chi connectivity index (χ0) is 12.3. The first-order valence-corrected chi connectivity index (χ1v) is 6.90. The summed E-state index contributed by atoms with van der Waals surface area (Å²) in [5.41, 5.74) is 4.13. The van der Waals surface area contributed by atoms with Gasteiger partial charge >= 0.3 is 0 Å². The van der Waals surface area contributed by atoms with Crippen molar-refractivity contribution in [2.45, 2.75) is 27.3 Å². The normalized spacial score (nSPS) is 10.8. The Morgan fingerprint density at radius 3 is 2.71 bits per heavy atom. The Morgan fingerprint density at radius 1 is 1.12 bits per heavy atom. The van der Waals surface area contributed by atoms with E-state index in [1.54, 1.807) is 0 Å². The maximum Gasteiger partial charge on any atom is 0.0348 e. The molecule has 0 bridgehead atoms. The van der Waals surface area contributed by atoms with Crippen LogP contribution in [0.4, 0.5) is 0 Å². The van der Waals surface area contributed by atoms with Crippen molar-refractivity contribution in [2.24, 2.45) is 0 Å². The molecular weight excluding hydrogens is 226 g/mol. The summed E-state index contributed by atoms with van der Waals surface area (Å²) >= 11 is 1.89. The van der Waals surface area contributed by atoms with Gasteiger partial charge in [0.15, 0.2) is 0 Å². The van der Waals surface area contributed by atoms with Gasteiger partial charge in [-0.25, -0.2) is 0 Å². The molecule has 0 aliphatic carbocycles. The molecule has 0 saturated carbocycles. The van der Waals surface area contributed by atoms with Crippen LogP contribution in [0.15, 0.2) is 30.3 Å². The van der Waals surface area contributed by atoms with E-state index < -0.39 is 0 Å². The number of hydrogen-bond acceptors (Lipinski definition) is 2. The summed E-state index contributed by atoms with van der Waals surface area (Å²) in [7, 11) is 0. The molecule has 17 heavy (non-hydrogen) atoms. The van der Waals surface area contributed by atoms with Crippen LogP contribution in [0.5, 0.6) is 0 Å². The Kier molecular flexibility index (Phi) is 3.97. The zero-order valence-electron chi connectivity index (χ0n) is 10.7. The third kappa shape index (κ3) is 2.76. The van der Waals surface area contributed by atoms with Crippen LogP contribution in [0.2, 0.25) is 0 Å². The average molecular weight is 245 g/mol. The topological polar surface area (TPSA) is 12.0 Å². The van der Waals surface area contributed by atoms with Gasteiger partial charge in [0.25, 0.3) is 0 Å². The van der Waals surface area contributed by atoms with Gasteiger partial charge in [0.2, 0.25) is 0 Å². The molecule has 1 nitrogen and oxygen atoms in total. The summed E-state index contributed by atoms with van der Waals surface area (Å²) in [6.45, 7) is 8.52. The smallest absolute Gasteiger partial charge is 0.0348 e. The van der Waals surface area contributed by atoms with E-state index in [1.165, 1.54) is 26.4 Å². The fourth-order valence-electron chi connectivity index (χ4n) is 1.88. The van der Waals surface area contributed by atoms with Crippen LogP contribution in [-0.4, -0.2) is 6.54 Å². The molecule has 2 heteroatoms. The molecule has 0 fully saturated rings. The van der Waals surface area contributed by atoms with Crippen molar-refractivity contribution >= 4 is 11.3 Å². The predicted octanol–water partition coefficient (Wildman–Crippen LogP) is 4.14. The van der Waals surface area contributed by atoms with E-state index in [2.05, 4.69) is 56.4 Å². The highest BCUT2D eigenvalue weighted by molar-refractivity contribution is 7.15. The van der Waals surface area contributed by atoms with E-state index in [0.717, 1.165) is 13.1 Å². The van der Waals surface area contributed by atoms with Crippen LogP contribution in [0, 0.1) is 13.8 Å². The minimum Gasteiger partial charge on any atom is -0.312 e. The molecule has 0 atom stereocenters. The first-order chi connectivity index (χ1) is 8.22. The molecule has 1 aromatic heterocycles. The summed E-state index contributed by atoms with van der Waals surface area (Å²) in [5.74, 6) is 0. The Morgan fingerprint density at radius 2 is 1.94 bits per heavy atom. The Bertz CT molecular complexity index is 499. The number of nitrogens with one attached hydrogen (secondary N) is 1. The molecule has 0 amide bonds. The molecule has 0 aliphatic rings. The minimum atomic E-state index is 0.978. The minimum absolute atomic E-state index is 0.978. The molecule has 1 heterocycles. The predicted molar refractivity (Wildman–Crippen MR) is 76.6 cm³/mol. The van der Waals surface area contributed by atoms with Crippen LogP contribution >= 0.6 is 11.3 Å². The quantitative estimate of drug-likeness (QED) is 0.853. The van der Waals surface area contributed by atoms with Crippen molar-refractivity contribution in [3.63, 3.8) is 0 Å². The van der Waals surface area contributed by atoms with Crippen molar-refractivity contribution < 1.29 is 0 Å². The largest absolute Gasteiger partial charge is 0.312 e. The van der Waals surface area contributed by atoms with E-state index in [0.29, 0.717) is 0 Å². The summed E-state index contributed by atoms with van der Waals surface area (Å²) in [5, 5.41) is 3.37. The molecule has 2 rings (SSSR count). The fraction of sp³-hybridized carbons (Fsp3) is 0.333. The molecular formula is C15H19NS. The summed E-state index contributed by atoms with van der Waals surface area (Å²) < 4.78 is 0. The van der Waals surface area contributed by atoms with Crippen LogP contribution in [-0.2, 0) is 6.54 Å². The van der Waals surface area contributed by atoms with Crippen LogP contribution in [0.3, 0.4) is 0 Å². The van der Waals surface area contributed by atoms with E-state index in [1.807, 2.05) is 11.3 Å². The third-order valence-corrected chi connectivity index (χ3v) is 4.20. The lowest BCUT2D eigenvalue weighted by Crippen LogP contribution is -2.10. The van der Waals surface area contributed by atoms with Gasteiger partial charge in [0.05, 0.1) is 0 Å². The van der Waals surface area contributed by atoms with Gasteiger partial charge in [-0.05, 0) is 49.2 Å². The zero-order valence-corrected chi connectivity index (χ0v) is 11.5. The standard InChI is InChI=1S/C15H19NS/c1-4-16-10-13-8-9-15(17-13)14-7-5-6-11(2)12(14)3/h5-9,16H,4,10H2,1-3H3. The number of benzene rings is 1. The van der Waals surface area contributed by atoms with Gasteiger partial charge in [0.1, 0.15) is 0 Å². The Balaban J connectivity index is 2.27. The second-order valence-corrected chi connectivity index (χ2v) is 5.46. The molecule has 2 aromatic rings. The highest BCUT2D eigenvalue weighted by Crippen LogP contribution is 2.31. The molecule has 1 N–H and O–H groups in total. The van der Waals surface area contributed by atoms with E-state index in [9.17, 15) is 0 Å². The maximum atomic E-state index is 3.37. The Labute approximate surface area is 108 Å². The maximum absolute atomic E-state index is 3.37. The van der Waals surface area contributed by atoms with Gasteiger partial charge in [-0.15, -0.1) is 11.3 Å². The van der Waals surface area contributed by atoms with E-state index >= 15 is 0 Å².